The Morgan fingerprint density at radius 1 is 1.35 bits per heavy atom. The van der Waals surface area contributed by atoms with Crippen LogP contribution >= 0.6 is 0 Å². The minimum absolute atomic E-state index is 0.104. The summed E-state index contributed by atoms with van der Waals surface area (Å²) in [4.78, 5) is 4.79. The van der Waals surface area contributed by atoms with E-state index in [2.05, 4.69) is 43.7 Å². The van der Waals surface area contributed by atoms with Crippen molar-refractivity contribution in [3.63, 3.8) is 0 Å². The number of hydrogen-bond donors (Lipinski definition) is 1. The maximum Gasteiger partial charge on any atom is 0.111 e. The lowest BCUT2D eigenvalue weighted by Gasteiger charge is -2.43. The fourth-order valence-corrected chi connectivity index (χ4v) is 3.69. The Morgan fingerprint density at radius 3 is 2.85 bits per heavy atom. The summed E-state index contributed by atoms with van der Waals surface area (Å²) in [5, 5.41) is 0. The van der Waals surface area contributed by atoms with Crippen LogP contribution in [-0.2, 0) is 13.5 Å². The fourth-order valence-electron chi connectivity index (χ4n) is 3.69. The lowest BCUT2D eigenvalue weighted by Crippen LogP contribution is -2.52. The molecule has 0 bridgehead atoms. The number of fused-ring (bicyclic) bond motifs is 1. The van der Waals surface area contributed by atoms with Gasteiger partial charge in [0.05, 0.1) is 11.0 Å². The molecule has 0 spiro atoms. The van der Waals surface area contributed by atoms with Crippen LogP contribution in [0.2, 0.25) is 0 Å². The van der Waals surface area contributed by atoms with Crippen molar-refractivity contribution in [1.29, 1.82) is 0 Å². The molecule has 0 aliphatic heterocycles. The molecule has 0 radical (unpaired) electrons. The number of nitrogens with two attached hydrogens (primary N) is 1. The van der Waals surface area contributed by atoms with Crippen LogP contribution in [0, 0.1) is 11.8 Å². The third kappa shape index (κ3) is 2.14. The second-order valence-electron chi connectivity index (χ2n) is 6.64. The predicted octanol–water partition coefficient (Wildman–Crippen LogP) is 3.27. The van der Waals surface area contributed by atoms with Gasteiger partial charge in [0.1, 0.15) is 5.82 Å². The number of rotatable bonds is 2. The van der Waals surface area contributed by atoms with Crippen LogP contribution in [0.3, 0.4) is 0 Å². The lowest BCUT2D eigenvalue weighted by molar-refractivity contribution is 0.141. The van der Waals surface area contributed by atoms with Crippen LogP contribution in [0.5, 0.6) is 0 Å². The zero-order chi connectivity index (χ0) is 14.3. The van der Waals surface area contributed by atoms with Crippen molar-refractivity contribution in [2.24, 2.45) is 24.6 Å². The summed E-state index contributed by atoms with van der Waals surface area (Å²) < 4.78 is 2.20. The van der Waals surface area contributed by atoms with Gasteiger partial charge in [-0.1, -0.05) is 38.8 Å². The highest BCUT2D eigenvalue weighted by atomic mass is 15.1. The molecule has 3 rings (SSSR count). The summed E-state index contributed by atoms with van der Waals surface area (Å²) in [5.74, 6) is 2.38. The van der Waals surface area contributed by atoms with Crippen molar-refractivity contribution in [2.75, 3.05) is 0 Å². The van der Waals surface area contributed by atoms with Crippen LogP contribution in [0.4, 0.5) is 0 Å². The van der Waals surface area contributed by atoms with Crippen molar-refractivity contribution in [3.8, 4) is 0 Å². The van der Waals surface area contributed by atoms with E-state index in [1.54, 1.807) is 0 Å². The molecule has 3 heteroatoms. The molecule has 1 aromatic heterocycles. The van der Waals surface area contributed by atoms with E-state index in [0.29, 0.717) is 11.8 Å². The van der Waals surface area contributed by atoms with Gasteiger partial charge in [-0.05, 0) is 30.4 Å². The Hall–Kier alpha value is -1.35. The van der Waals surface area contributed by atoms with E-state index >= 15 is 0 Å². The molecular formula is C17H25N3. The van der Waals surface area contributed by atoms with Gasteiger partial charge in [0, 0.05) is 19.0 Å². The second-order valence-corrected chi connectivity index (χ2v) is 6.64. The van der Waals surface area contributed by atoms with E-state index in [-0.39, 0.29) is 5.54 Å². The molecule has 0 saturated heterocycles. The van der Waals surface area contributed by atoms with E-state index < -0.39 is 0 Å². The van der Waals surface area contributed by atoms with Gasteiger partial charge in [0.25, 0.3) is 0 Å². The van der Waals surface area contributed by atoms with E-state index in [1.807, 2.05) is 6.07 Å². The zero-order valence-electron chi connectivity index (χ0n) is 12.8. The first-order chi connectivity index (χ1) is 9.51. The van der Waals surface area contributed by atoms with Crippen LogP contribution < -0.4 is 5.73 Å². The molecule has 2 N–H and O–H groups in total. The first-order valence-electron chi connectivity index (χ1n) is 7.70. The highest BCUT2D eigenvalue weighted by Gasteiger charge is 2.39. The third-order valence-corrected chi connectivity index (χ3v) is 5.43. The Labute approximate surface area is 121 Å². The largest absolute Gasteiger partial charge is 0.331 e. The summed E-state index contributed by atoms with van der Waals surface area (Å²) in [6.45, 7) is 4.65. The molecule has 3 nitrogen and oxygen atoms in total. The Kier molecular flexibility index (Phi) is 3.33. The minimum atomic E-state index is -0.104. The van der Waals surface area contributed by atoms with Crippen LogP contribution in [0.1, 0.15) is 38.9 Å². The molecule has 1 aliphatic rings. The van der Waals surface area contributed by atoms with E-state index in [0.717, 1.165) is 24.2 Å². The Bertz CT molecular complexity index is 616. The van der Waals surface area contributed by atoms with Gasteiger partial charge in [-0.2, -0.15) is 0 Å². The van der Waals surface area contributed by atoms with Crippen LogP contribution in [-0.4, -0.2) is 15.1 Å². The van der Waals surface area contributed by atoms with Crippen molar-refractivity contribution >= 4 is 11.0 Å². The second kappa shape index (κ2) is 4.88. The van der Waals surface area contributed by atoms with Gasteiger partial charge in [0.2, 0.25) is 0 Å². The summed E-state index contributed by atoms with van der Waals surface area (Å²) >= 11 is 0. The standard InChI is InChI=1S/C17H25N3/c1-12-7-6-10-17(18,13(12)2)11-16-19-14-8-4-5-9-15(14)20(16)3/h4-5,8-9,12-13H,6-7,10-11,18H2,1-3H3. The number of aromatic nitrogens is 2. The highest BCUT2D eigenvalue weighted by Crippen LogP contribution is 2.38. The molecule has 3 unspecified atom stereocenters. The summed E-state index contributed by atoms with van der Waals surface area (Å²) in [7, 11) is 2.10. The number of imidazole rings is 1. The predicted molar refractivity (Wildman–Crippen MR) is 83.5 cm³/mol. The van der Waals surface area contributed by atoms with E-state index in [9.17, 15) is 0 Å². The molecule has 1 saturated carbocycles. The van der Waals surface area contributed by atoms with E-state index in [4.69, 9.17) is 10.7 Å². The molecule has 1 heterocycles. The first-order valence-corrected chi connectivity index (χ1v) is 7.70. The molecule has 108 valence electrons. The Morgan fingerprint density at radius 2 is 2.10 bits per heavy atom. The van der Waals surface area contributed by atoms with Crippen molar-refractivity contribution in [3.05, 3.63) is 30.1 Å². The third-order valence-electron chi connectivity index (χ3n) is 5.43. The zero-order valence-corrected chi connectivity index (χ0v) is 12.8. The SMILES string of the molecule is CC1CCCC(N)(Cc2nc3ccccc3n2C)C1C. The van der Waals surface area contributed by atoms with Crippen molar-refractivity contribution in [2.45, 2.75) is 45.1 Å². The van der Waals surface area contributed by atoms with E-state index in [1.165, 1.54) is 18.4 Å². The molecule has 20 heavy (non-hydrogen) atoms. The molecule has 2 aromatic rings. The van der Waals surface area contributed by atoms with Gasteiger partial charge in [0.15, 0.2) is 0 Å². The minimum Gasteiger partial charge on any atom is -0.331 e. The maximum absolute atomic E-state index is 6.76. The number of aryl methyl sites for hydroxylation is 1. The first kappa shape index (κ1) is 13.6. The maximum atomic E-state index is 6.76. The smallest absolute Gasteiger partial charge is 0.111 e. The van der Waals surface area contributed by atoms with Gasteiger partial charge < -0.3 is 10.3 Å². The van der Waals surface area contributed by atoms with Crippen LogP contribution in [0.25, 0.3) is 11.0 Å². The number of para-hydroxylation sites is 2. The summed E-state index contributed by atoms with van der Waals surface area (Å²) in [6.07, 6.45) is 4.54. The van der Waals surface area contributed by atoms with Gasteiger partial charge in [-0.25, -0.2) is 4.98 Å². The van der Waals surface area contributed by atoms with Gasteiger partial charge in [-0.3, -0.25) is 0 Å². The quantitative estimate of drug-likeness (QED) is 0.911. The van der Waals surface area contributed by atoms with Crippen molar-refractivity contribution < 1.29 is 0 Å². The normalized spacial score (nSPS) is 30.8. The Balaban J connectivity index is 1.94. The summed E-state index contributed by atoms with van der Waals surface area (Å²) in [5.41, 5.74) is 8.93. The van der Waals surface area contributed by atoms with Crippen LogP contribution in [0.15, 0.2) is 24.3 Å². The average Bonchev–Trinajstić information content (AvgIpc) is 2.73. The molecule has 1 aliphatic carbocycles. The monoisotopic (exact) mass is 271 g/mol. The number of hydrogen-bond acceptors (Lipinski definition) is 2. The lowest BCUT2D eigenvalue weighted by atomic mass is 9.67. The van der Waals surface area contributed by atoms with Gasteiger partial charge in [-0.15, -0.1) is 0 Å². The average molecular weight is 271 g/mol. The molecule has 3 atom stereocenters. The molecule has 1 fully saturated rings. The topological polar surface area (TPSA) is 43.8 Å². The van der Waals surface area contributed by atoms with Crippen molar-refractivity contribution in [1.82, 2.24) is 9.55 Å². The number of nitrogens with zero attached hydrogens (tertiary/aromatic N) is 2. The molecular weight excluding hydrogens is 246 g/mol. The summed E-state index contributed by atoms with van der Waals surface area (Å²) in [6, 6.07) is 8.32. The highest BCUT2D eigenvalue weighted by molar-refractivity contribution is 5.75. The molecule has 0 amide bonds. The fraction of sp³-hybridized carbons (Fsp3) is 0.588. The number of benzene rings is 1. The van der Waals surface area contributed by atoms with Gasteiger partial charge >= 0.3 is 0 Å². The molecule has 1 aromatic carbocycles.